The van der Waals surface area contributed by atoms with Crippen molar-refractivity contribution < 1.29 is 0 Å². The third-order valence-electron chi connectivity index (χ3n) is 11.6. The molecule has 0 spiro atoms. The highest BCUT2D eigenvalue weighted by Crippen LogP contribution is 2.59. The van der Waals surface area contributed by atoms with Gasteiger partial charge in [-0.3, -0.25) is 0 Å². The van der Waals surface area contributed by atoms with E-state index in [2.05, 4.69) is 208 Å². The molecule has 0 saturated carbocycles. The summed E-state index contributed by atoms with van der Waals surface area (Å²) in [6.07, 6.45) is 2.10. The van der Waals surface area contributed by atoms with Gasteiger partial charge in [-0.25, -0.2) is 0 Å². The van der Waals surface area contributed by atoms with Gasteiger partial charge in [0, 0.05) is 27.7 Å². The summed E-state index contributed by atoms with van der Waals surface area (Å²) in [7, 11) is 0. The average Bonchev–Trinajstić information content (AvgIpc) is 3.51. The molecule has 0 bridgehead atoms. The fourth-order valence-corrected chi connectivity index (χ4v) is 8.84. The quantitative estimate of drug-likeness (QED) is 0.154. The van der Waals surface area contributed by atoms with Crippen LogP contribution in [0.1, 0.15) is 43.4 Å². The number of nitrogens with zero attached hydrogens (tertiary/aromatic N) is 1. The molecule has 0 aliphatic heterocycles. The Hall–Kier alpha value is -6.18. The molecule has 0 amide bonds. The minimum absolute atomic E-state index is 0.0450. The monoisotopic (exact) mass is 681 g/mol. The van der Waals surface area contributed by atoms with Gasteiger partial charge in [0.1, 0.15) is 0 Å². The highest BCUT2D eigenvalue weighted by atomic mass is 15.1. The first-order valence-corrected chi connectivity index (χ1v) is 19.0. The Morgan fingerprint density at radius 3 is 1.55 bits per heavy atom. The van der Waals surface area contributed by atoms with E-state index >= 15 is 0 Å². The number of fused-ring (bicyclic) bond motifs is 4. The smallest absolute Gasteiger partial charge is 0.0621 e. The largest absolute Gasteiger partial charge is 0.309 e. The number of hydrogen-bond donors (Lipinski definition) is 0. The molecule has 256 valence electrons. The van der Waals surface area contributed by atoms with E-state index < -0.39 is 0 Å². The molecule has 0 N–H and O–H groups in total. The summed E-state index contributed by atoms with van der Waals surface area (Å²) >= 11 is 0. The van der Waals surface area contributed by atoms with Crippen molar-refractivity contribution in [1.29, 1.82) is 0 Å². The lowest BCUT2D eigenvalue weighted by molar-refractivity contribution is 0.491. The molecule has 0 fully saturated rings. The predicted molar refractivity (Wildman–Crippen MR) is 226 cm³/mol. The summed E-state index contributed by atoms with van der Waals surface area (Å²) in [5.41, 5.74) is 17.7. The molecule has 1 nitrogen and oxygen atoms in total. The molecule has 8 aromatic rings. The maximum Gasteiger partial charge on any atom is 0.0621 e. The molecule has 0 aromatic heterocycles. The van der Waals surface area contributed by atoms with E-state index in [-0.39, 0.29) is 5.41 Å². The van der Waals surface area contributed by atoms with Gasteiger partial charge in [-0.1, -0.05) is 171 Å². The van der Waals surface area contributed by atoms with Crippen molar-refractivity contribution >= 4 is 27.8 Å². The number of benzene rings is 8. The van der Waals surface area contributed by atoms with Crippen LogP contribution in [0.3, 0.4) is 0 Å². The van der Waals surface area contributed by atoms with Crippen LogP contribution >= 0.6 is 0 Å². The maximum absolute atomic E-state index is 2.52. The zero-order chi connectivity index (χ0) is 35.9. The van der Waals surface area contributed by atoms with Gasteiger partial charge in [0.05, 0.1) is 5.69 Å². The Bertz CT molecular complexity index is 2560. The lowest BCUT2D eigenvalue weighted by atomic mass is 9.73. The van der Waals surface area contributed by atoms with Gasteiger partial charge < -0.3 is 4.90 Å². The van der Waals surface area contributed by atoms with Crippen LogP contribution in [0.5, 0.6) is 0 Å². The van der Waals surface area contributed by atoms with Gasteiger partial charge >= 0.3 is 0 Å². The Morgan fingerprint density at radius 2 is 0.925 bits per heavy atom. The maximum atomic E-state index is 2.52. The van der Waals surface area contributed by atoms with Crippen LogP contribution in [0.15, 0.2) is 182 Å². The van der Waals surface area contributed by atoms with Gasteiger partial charge in [0.2, 0.25) is 0 Å². The first-order chi connectivity index (χ1) is 26.1. The molecule has 1 heteroatoms. The molecular formula is C52H43N. The van der Waals surface area contributed by atoms with E-state index in [1.807, 2.05) is 0 Å². The Balaban J connectivity index is 1.28. The van der Waals surface area contributed by atoms with E-state index in [1.54, 1.807) is 0 Å². The zero-order valence-corrected chi connectivity index (χ0v) is 30.7. The van der Waals surface area contributed by atoms with Crippen LogP contribution in [0.2, 0.25) is 0 Å². The van der Waals surface area contributed by atoms with Crippen LogP contribution in [-0.2, 0) is 5.41 Å². The first-order valence-electron chi connectivity index (χ1n) is 19.0. The molecule has 9 rings (SSSR count). The van der Waals surface area contributed by atoms with Crippen LogP contribution in [0.25, 0.3) is 55.3 Å². The van der Waals surface area contributed by atoms with Crippen LogP contribution in [0, 0.1) is 6.92 Å². The minimum atomic E-state index is -0.0450. The Labute approximate surface area is 313 Å². The number of aryl methyl sites for hydroxylation is 1. The van der Waals surface area contributed by atoms with Crippen molar-refractivity contribution in [2.24, 2.45) is 0 Å². The third-order valence-corrected chi connectivity index (χ3v) is 11.6. The summed E-state index contributed by atoms with van der Waals surface area (Å²) < 4.78 is 0. The number of anilines is 3. The normalized spacial score (nSPS) is 12.7. The van der Waals surface area contributed by atoms with Gasteiger partial charge in [-0.2, -0.15) is 0 Å². The molecule has 8 aromatic carbocycles. The highest BCUT2D eigenvalue weighted by Gasteiger charge is 2.43. The zero-order valence-electron chi connectivity index (χ0n) is 30.7. The number of hydrogen-bond acceptors (Lipinski definition) is 1. The summed E-state index contributed by atoms with van der Waals surface area (Å²) in [4.78, 5) is 2.52. The molecule has 0 atom stereocenters. The minimum Gasteiger partial charge on any atom is -0.309 e. The fourth-order valence-electron chi connectivity index (χ4n) is 8.84. The van der Waals surface area contributed by atoms with Crippen molar-refractivity contribution in [1.82, 2.24) is 0 Å². The van der Waals surface area contributed by atoms with Crippen molar-refractivity contribution in [2.75, 3.05) is 4.90 Å². The molecule has 0 heterocycles. The summed E-state index contributed by atoms with van der Waals surface area (Å²) in [5, 5.41) is 2.53. The Kier molecular flexibility index (Phi) is 8.28. The SMILES string of the molecule is CCC1(CC)c2ccccc2-c2c1cc1ccccc1c2N(c1ccc(-c2ccc(C)cc2)cc1)c1ccc(-c2ccccc2-c2ccccc2)cc1. The topological polar surface area (TPSA) is 3.24 Å². The second-order valence-corrected chi connectivity index (χ2v) is 14.4. The molecule has 1 aliphatic carbocycles. The molecule has 0 saturated heterocycles. The predicted octanol–water partition coefficient (Wildman–Crippen LogP) is 14.7. The third kappa shape index (κ3) is 5.47. The summed E-state index contributed by atoms with van der Waals surface area (Å²) in [5.74, 6) is 0. The summed E-state index contributed by atoms with van der Waals surface area (Å²) in [6, 6.07) is 67.3. The van der Waals surface area contributed by atoms with Gasteiger partial charge in [-0.05, 0) is 106 Å². The lowest BCUT2D eigenvalue weighted by Crippen LogP contribution is -2.23. The van der Waals surface area contributed by atoms with E-state index in [1.165, 1.54) is 77.7 Å². The highest BCUT2D eigenvalue weighted by molar-refractivity contribution is 6.10. The van der Waals surface area contributed by atoms with Gasteiger partial charge in [0.25, 0.3) is 0 Å². The van der Waals surface area contributed by atoms with Crippen LogP contribution < -0.4 is 4.90 Å². The standard InChI is InChI=1S/C52H43N/c1-4-52(5-2)48-22-14-13-21-47(48)50-49(52)35-41-17-9-10-20-46(41)51(50)53(42-31-27-38(28-32-42)37-25-23-36(3)24-26-37)43-33-29-40(30-34-43)45-19-12-11-18-44(45)39-15-7-6-8-16-39/h6-35H,4-5H2,1-3H3. The van der Waals surface area contributed by atoms with Crippen LogP contribution in [-0.4, -0.2) is 0 Å². The first kappa shape index (κ1) is 32.7. The van der Waals surface area contributed by atoms with E-state index in [9.17, 15) is 0 Å². The Morgan fingerprint density at radius 1 is 0.434 bits per heavy atom. The van der Waals surface area contributed by atoms with Gasteiger partial charge in [0.15, 0.2) is 0 Å². The van der Waals surface area contributed by atoms with Gasteiger partial charge in [-0.15, -0.1) is 0 Å². The van der Waals surface area contributed by atoms with Crippen LogP contribution in [0.4, 0.5) is 17.1 Å². The van der Waals surface area contributed by atoms with E-state index in [0.29, 0.717) is 0 Å². The van der Waals surface area contributed by atoms with Crippen molar-refractivity contribution in [3.8, 4) is 44.5 Å². The van der Waals surface area contributed by atoms with Crippen molar-refractivity contribution in [3.63, 3.8) is 0 Å². The second-order valence-electron chi connectivity index (χ2n) is 14.4. The molecule has 1 aliphatic rings. The average molecular weight is 682 g/mol. The van der Waals surface area contributed by atoms with E-state index in [0.717, 1.165) is 24.2 Å². The second kappa shape index (κ2) is 13.4. The lowest BCUT2D eigenvalue weighted by Gasteiger charge is -2.32. The summed E-state index contributed by atoms with van der Waals surface area (Å²) in [6.45, 7) is 6.86. The van der Waals surface area contributed by atoms with E-state index in [4.69, 9.17) is 0 Å². The molecular weight excluding hydrogens is 639 g/mol. The molecule has 0 radical (unpaired) electrons. The molecule has 53 heavy (non-hydrogen) atoms. The number of rotatable bonds is 8. The fraction of sp³-hybridized carbons (Fsp3) is 0.115. The van der Waals surface area contributed by atoms with Crippen molar-refractivity contribution in [2.45, 2.75) is 39.0 Å². The molecule has 0 unspecified atom stereocenters. The van der Waals surface area contributed by atoms with Crippen molar-refractivity contribution in [3.05, 3.63) is 199 Å².